The predicted octanol–water partition coefficient (Wildman–Crippen LogP) is 4.95. The van der Waals surface area contributed by atoms with Crippen molar-refractivity contribution in [3.63, 3.8) is 0 Å². The second kappa shape index (κ2) is 14.6. The molecule has 0 aliphatic carbocycles. The Kier molecular flexibility index (Phi) is 13.9. The summed E-state index contributed by atoms with van der Waals surface area (Å²) in [5.41, 5.74) is 9.74. The number of hydrogen-bond donors (Lipinski definition) is 3. The summed E-state index contributed by atoms with van der Waals surface area (Å²) < 4.78 is 13.2. The average Bonchev–Trinajstić information content (AvgIpc) is 2.69. The molecule has 2 aliphatic heterocycles. The normalized spacial score (nSPS) is 16.8. The van der Waals surface area contributed by atoms with E-state index in [0.29, 0.717) is 26.4 Å². The predicted molar refractivity (Wildman–Crippen MR) is 138 cm³/mol. The van der Waals surface area contributed by atoms with Gasteiger partial charge in [0.15, 0.2) is 0 Å². The molecular weight excluding hydrogens is 420 g/mol. The summed E-state index contributed by atoms with van der Waals surface area (Å²) in [5.74, 6) is 0.833. The van der Waals surface area contributed by atoms with Crippen LogP contribution >= 0.6 is 12.8 Å². The summed E-state index contributed by atoms with van der Waals surface area (Å²) in [6.45, 7) is 17.0. The van der Waals surface area contributed by atoms with E-state index in [1.807, 2.05) is 64.4 Å². The Morgan fingerprint density at radius 3 is 1.53 bits per heavy atom. The molecule has 2 aromatic heterocycles. The van der Waals surface area contributed by atoms with Gasteiger partial charge < -0.3 is 15.2 Å². The van der Waals surface area contributed by atoms with Gasteiger partial charge in [0, 0.05) is 12.4 Å². The summed E-state index contributed by atoms with van der Waals surface area (Å²) in [6.07, 6.45) is 3.70. The molecule has 0 radical (unpaired) electrons. The highest BCUT2D eigenvalue weighted by Gasteiger charge is 2.40. The maximum Gasteiger partial charge on any atom is 0.117 e. The zero-order chi connectivity index (χ0) is 23.5. The lowest BCUT2D eigenvalue weighted by molar-refractivity contribution is -0.0669. The monoisotopic (exact) mass is 464 g/mol. The molecule has 0 amide bonds. The van der Waals surface area contributed by atoms with Gasteiger partial charge in [-0.25, -0.2) is 0 Å². The van der Waals surface area contributed by atoms with Gasteiger partial charge in [-0.15, -0.1) is 0 Å². The van der Waals surface area contributed by atoms with Gasteiger partial charge in [0.25, 0.3) is 0 Å². The maximum absolute atomic E-state index is 5.99. The Morgan fingerprint density at radius 1 is 0.875 bits per heavy atom. The van der Waals surface area contributed by atoms with Gasteiger partial charge in [-0.2, -0.15) is 0 Å². The van der Waals surface area contributed by atoms with Crippen molar-refractivity contribution in [2.24, 2.45) is 11.7 Å². The highest BCUT2D eigenvalue weighted by molar-refractivity contribution is 7.78. The Labute approximate surface area is 201 Å². The molecule has 0 unspecified atom stereocenters. The second-order valence-electron chi connectivity index (χ2n) is 8.51. The molecule has 0 bridgehead atoms. The van der Waals surface area contributed by atoms with Gasteiger partial charge in [0.05, 0.1) is 37.8 Å². The number of nitrogens with one attached hydrogen (secondary N) is 1. The third-order valence-electron chi connectivity index (χ3n) is 4.45. The molecule has 4 heterocycles. The zero-order valence-corrected chi connectivity index (χ0v) is 21.0. The van der Waals surface area contributed by atoms with Crippen molar-refractivity contribution >= 4 is 12.8 Å². The van der Waals surface area contributed by atoms with E-state index in [0.717, 1.165) is 22.9 Å². The fourth-order valence-electron chi connectivity index (χ4n) is 2.56. The lowest BCUT2D eigenvalue weighted by Crippen LogP contribution is -2.54. The van der Waals surface area contributed by atoms with E-state index in [1.165, 1.54) is 5.56 Å². The SMILES string of the molecule is C.CC.CC(C)C.Cc1ccc(C2(N)COC2)nc1.Cc1ccc(C2(NS)COC2)nc1. The molecule has 4 rings (SSSR count). The number of thiol groups is 1. The summed E-state index contributed by atoms with van der Waals surface area (Å²) in [7, 11) is 0. The van der Waals surface area contributed by atoms with Crippen molar-refractivity contribution in [3.8, 4) is 0 Å². The lowest BCUT2D eigenvalue weighted by Gasteiger charge is -2.39. The summed E-state index contributed by atoms with van der Waals surface area (Å²) in [6, 6.07) is 8.06. The first kappa shape index (κ1) is 30.5. The molecule has 182 valence electrons. The molecule has 0 saturated carbocycles. The van der Waals surface area contributed by atoms with Crippen LogP contribution in [0, 0.1) is 19.8 Å². The van der Waals surface area contributed by atoms with Crippen LogP contribution in [-0.2, 0) is 20.6 Å². The van der Waals surface area contributed by atoms with E-state index in [1.54, 1.807) is 0 Å². The first-order valence-corrected chi connectivity index (χ1v) is 11.4. The molecule has 32 heavy (non-hydrogen) atoms. The minimum atomic E-state index is -0.326. The van der Waals surface area contributed by atoms with E-state index in [4.69, 9.17) is 15.2 Å². The number of aryl methyl sites for hydroxylation is 2. The van der Waals surface area contributed by atoms with Crippen molar-refractivity contribution in [2.45, 2.75) is 67.0 Å². The van der Waals surface area contributed by atoms with Crippen LogP contribution in [0.2, 0.25) is 0 Å². The minimum absolute atomic E-state index is 0. The quantitative estimate of drug-likeness (QED) is 0.558. The molecule has 0 atom stereocenters. The zero-order valence-electron chi connectivity index (χ0n) is 20.1. The topological polar surface area (TPSA) is 82.3 Å². The molecule has 6 nitrogen and oxygen atoms in total. The van der Waals surface area contributed by atoms with Gasteiger partial charge in [-0.05, 0) is 43.0 Å². The summed E-state index contributed by atoms with van der Waals surface area (Å²) in [5, 5.41) is 0. The second-order valence-corrected chi connectivity index (χ2v) is 8.73. The van der Waals surface area contributed by atoms with Crippen molar-refractivity contribution in [1.82, 2.24) is 14.7 Å². The number of rotatable bonds is 3. The van der Waals surface area contributed by atoms with Crippen molar-refractivity contribution < 1.29 is 9.47 Å². The average molecular weight is 465 g/mol. The smallest absolute Gasteiger partial charge is 0.117 e. The van der Waals surface area contributed by atoms with Crippen LogP contribution < -0.4 is 10.5 Å². The van der Waals surface area contributed by atoms with Crippen LogP contribution in [0.1, 0.15) is 64.6 Å². The van der Waals surface area contributed by atoms with E-state index in [-0.39, 0.29) is 18.5 Å². The number of hydrogen-bond acceptors (Lipinski definition) is 7. The Bertz CT molecular complexity index is 735. The van der Waals surface area contributed by atoms with Crippen LogP contribution in [0.4, 0.5) is 0 Å². The van der Waals surface area contributed by atoms with Crippen molar-refractivity contribution in [3.05, 3.63) is 59.2 Å². The Balaban J connectivity index is 0.000000473. The van der Waals surface area contributed by atoms with Crippen LogP contribution in [-0.4, -0.2) is 36.4 Å². The van der Waals surface area contributed by atoms with Gasteiger partial charge in [-0.3, -0.25) is 14.7 Å². The highest BCUT2D eigenvalue weighted by atomic mass is 32.1. The van der Waals surface area contributed by atoms with Gasteiger partial charge in [0.1, 0.15) is 11.1 Å². The minimum Gasteiger partial charge on any atom is -0.377 e. The Morgan fingerprint density at radius 2 is 1.28 bits per heavy atom. The fraction of sp³-hybridized carbons (Fsp3) is 0.600. The maximum atomic E-state index is 5.99. The molecule has 2 fully saturated rings. The first-order valence-electron chi connectivity index (χ1n) is 10.9. The van der Waals surface area contributed by atoms with Crippen molar-refractivity contribution in [1.29, 1.82) is 0 Å². The molecule has 3 N–H and O–H groups in total. The molecule has 0 aromatic carbocycles. The van der Waals surface area contributed by atoms with Gasteiger partial charge >= 0.3 is 0 Å². The first-order chi connectivity index (χ1) is 14.7. The molecule has 0 spiro atoms. The number of nitrogens with two attached hydrogens (primary N) is 1. The van der Waals surface area contributed by atoms with Crippen LogP contribution in [0.3, 0.4) is 0 Å². The Hall–Kier alpha value is -1.51. The molecule has 2 saturated heterocycles. The number of pyridine rings is 2. The number of aromatic nitrogens is 2. The van der Waals surface area contributed by atoms with Crippen LogP contribution in [0.25, 0.3) is 0 Å². The van der Waals surface area contributed by atoms with E-state index in [9.17, 15) is 0 Å². The molecule has 2 aliphatic rings. The highest BCUT2D eigenvalue weighted by Crippen LogP contribution is 2.28. The summed E-state index contributed by atoms with van der Waals surface area (Å²) >= 11 is 4.10. The molecule has 2 aromatic rings. The van der Waals surface area contributed by atoms with Gasteiger partial charge in [-0.1, -0.05) is 67.0 Å². The lowest BCUT2D eigenvalue weighted by atomic mass is 9.94. The third-order valence-corrected chi connectivity index (χ3v) is 4.88. The largest absolute Gasteiger partial charge is 0.377 e. The van der Waals surface area contributed by atoms with E-state index < -0.39 is 0 Å². The van der Waals surface area contributed by atoms with Crippen LogP contribution in [0.5, 0.6) is 0 Å². The summed E-state index contributed by atoms with van der Waals surface area (Å²) in [4.78, 5) is 8.62. The molecule has 7 heteroatoms. The fourth-order valence-corrected chi connectivity index (χ4v) is 2.80. The van der Waals surface area contributed by atoms with Crippen molar-refractivity contribution in [2.75, 3.05) is 26.4 Å². The third kappa shape index (κ3) is 8.79. The standard InChI is InChI=1S/C9H12N2OS.C9H12N2O.C4H10.C2H6.CH4/c1-7-2-3-8(10-4-7)9(11-13)5-12-6-9;1-7-2-3-8(11-4-7)9(10)5-12-6-9;1-4(2)3;1-2;/h2-4,11,13H,5-6H2,1H3;2-4H,5-6,10H2,1H3;4H,1-3H3;1-2H3;1H4. The number of nitrogens with zero attached hydrogens (tertiary/aromatic N) is 2. The van der Waals surface area contributed by atoms with E-state index >= 15 is 0 Å². The number of ether oxygens (including phenoxy) is 2. The van der Waals surface area contributed by atoms with E-state index in [2.05, 4.69) is 48.3 Å². The molecular formula is C25H44N4O2S. The van der Waals surface area contributed by atoms with Crippen LogP contribution in [0.15, 0.2) is 36.7 Å². The van der Waals surface area contributed by atoms with Gasteiger partial charge in [0.2, 0.25) is 0 Å².